The van der Waals surface area contributed by atoms with Gasteiger partial charge in [0.2, 0.25) is 5.91 Å². The zero-order valence-electron chi connectivity index (χ0n) is 21.5. The van der Waals surface area contributed by atoms with Crippen LogP contribution in [0, 0.1) is 16.0 Å². The maximum absolute atomic E-state index is 13.5. The Morgan fingerprint density at radius 1 is 1.24 bits per heavy atom. The van der Waals surface area contributed by atoms with E-state index >= 15 is 0 Å². The third-order valence-electron chi connectivity index (χ3n) is 10.1. The molecule has 5 atom stereocenters. The summed E-state index contributed by atoms with van der Waals surface area (Å²) in [5, 5.41) is 34.6. The quantitative estimate of drug-likeness (QED) is 0.445. The number of aliphatic hydroxyl groups is 1. The molecular formula is C29H33N3O6. The average molecular weight is 520 g/mol. The van der Waals surface area contributed by atoms with Gasteiger partial charge in [-0.15, -0.1) is 0 Å². The largest absolute Gasteiger partial charge is 0.504 e. The van der Waals surface area contributed by atoms with Crippen LogP contribution in [-0.4, -0.2) is 74.8 Å². The molecule has 3 aliphatic carbocycles. The van der Waals surface area contributed by atoms with E-state index in [4.69, 9.17) is 4.74 Å². The first-order valence-corrected chi connectivity index (χ1v) is 13.7. The molecule has 7 rings (SSSR count). The topological polar surface area (TPSA) is 116 Å². The lowest BCUT2D eigenvalue weighted by Crippen LogP contribution is -2.78. The van der Waals surface area contributed by atoms with Crippen LogP contribution in [0.4, 0.5) is 5.69 Å². The minimum absolute atomic E-state index is 0.0160. The first-order chi connectivity index (χ1) is 18.2. The highest BCUT2D eigenvalue weighted by Crippen LogP contribution is 2.66. The Kier molecular flexibility index (Phi) is 5.14. The van der Waals surface area contributed by atoms with Crippen molar-refractivity contribution in [3.05, 3.63) is 63.2 Å². The molecule has 200 valence electrons. The summed E-state index contributed by atoms with van der Waals surface area (Å²) in [4.78, 5) is 28.4. The molecule has 2 aliphatic heterocycles. The van der Waals surface area contributed by atoms with Gasteiger partial charge in [-0.1, -0.05) is 18.2 Å². The summed E-state index contributed by atoms with van der Waals surface area (Å²) >= 11 is 0. The summed E-state index contributed by atoms with van der Waals surface area (Å²) in [5.74, 6) is 1.11. The predicted molar refractivity (Wildman–Crippen MR) is 138 cm³/mol. The Labute approximate surface area is 221 Å². The van der Waals surface area contributed by atoms with Gasteiger partial charge in [0.15, 0.2) is 11.5 Å². The van der Waals surface area contributed by atoms with E-state index in [1.165, 1.54) is 25.0 Å². The standard InChI is InChI=1S/C29H33N3O6/c1-30(24(34)14-18-3-2-4-20(13-18)32(36)37)21-9-10-29(35)23-15-19-7-8-22(33)26-25(19)28(29,27(21)38-26)11-12-31(23)16-17-5-6-17/h2-4,7-8,13,17,21,23,27,33,35H,5-6,9-12,14-16H2,1H3/t21-,23+,27-,28-,29+/m0/s1. The highest BCUT2D eigenvalue weighted by Gasteiger charge is 2.73. The normalized spacial score (nSPS) is 32.8. The molecule has 2 bridgehead atoms. The number of likely N-dealkylation sites (tertiary alicyclic amines) is 1. The minimum Gasteiger partial charge on any atom is -0.504 e. The van der Waals surface area contributed by atoms with Gasteiger partial charge in [-0.25, -0.2) is 0 Å². The van der Waals surface area contributed by atoms with Crippen LogP contribution in [0.3, 0.4) is 0 Å². The molecule has 0 radical (unpaired) electrons. The Hall–Kier alpha value is -3.17. The summed E-state index contributed by atoms with van der Waals surface area (Å²) in [7, 11) is 1.76. The number of benzene rings is 2. The fraction of sp³-hybridized carbons (Fsp3) is 0.552. The van der Waals surface area contributed by atoms with E-state index in [2.05, 4.69) is 4.90 Å². The minimum atomic E-state index is -1.00. The number of phenolic OH excluding ortho intramolecular Hbond substituents is 1. The van der Waals surface area contributed by atoms with Crippen LogP contribution >= 0.6 is 0 Å². The summed E-state index contributed by atoms with van der Waals surface area (Å²) in [6.45, 7) is 1.87. The number of ether oxygens (including phenoxy) is 1. The Bertz CT molecular complexity index is 1340. The van der Waals surface area contributed by atoms with Crippen molar-refractivity contribution in [3.8, 4) is 11.5 Å². The summed E-state index contributed by atoms with van der Waals surface area (Å²) in [5.41, 5.74) is 0.921. The number of phenols is 1. The van der Waals surface area contributed by atoms with Gasteiger partial charge in [-0.05, 0) is 68.2 Å². The van der Waals surface area contributed by atoms with Gasteiger partial charge in [0.1, 0.15) is 6.10 Å². The number of hydrogen-bond donors (Lipinski definition) is 2. The maximum Gasteiger partial charge on any atom is 0.269 e. The first-order valence-electron chi connectivity index (χ1n) is 13.7. The molecule has 5 aliphatic rings. The van der Waals surface area contributed by atoms with Crippen LogP contribution in [0.5, 0.6) is 11.5 Å². The smallest absolute Gasteiger partial charge is 0.269 e. The molecule has 3 fully saturated rings. The van der Waals surface area contributed by atoms with Crippen LogP contribution in [0.1, 0.15) is 48.8 Å². The number of non-ortho nitro benzene ring substituents is 1. The number of nitrogens with zero attached hydrogens (tertiary/aromatic N) is 3. The molecule has 1 amide bonds. The van der Waals surface area contributed by atoms with Crippen LogP contribution in [0.25, 0.3) is 0 Å². The number of rotatable bonds is 6. The van der Waals surface area contributed by atoms with Crippen molar-refractivity contribution in [3.63, 3.8) is 0 Å². The number of nitro benzene ring substituents is 1. The highest BCUT2D eigenvalue weighted by atomic mass is 16.6. The number of carbonyl (C=O) groups is 1. The second-order valence-corrected chi connectivity index (χ2v) is 12.0. The summed E-state index contributed by atoms with van der Waals surface area (Å²) in [6, 6.07) is 9.55. The molecule has 0 aromatic heterocycles. The number of likely N-dealkylation sites (N-methyl/N-ethyl adjacent to an activating group) is 1. The first kappa shape index (κ1) is 23.9. The lowest BCUT2D eigenvalue weighted by molar-refractivity contribution is -0.384. The van der Waals surface area contributed by atoms with Crippen molar-refractivity contribution in [2.75, 3.05) is 20.1 Å². The Morgan fingerprint density at radius 2 is 2.05 bits per heavy atom. The molecule has 9 heteroatoms. The fourth-order valence-electron chi connectivity index (χ4n) is 8.12. The number of carbonyl (C=O) groups excluding carboxylic acids is 1. The van der Waals surface area contributed by atoms with Crippen LogP contribution in [0.15, 0.2) is 36.4 Å². The molecule has 38 heavy (non-hydrogen) atoms. The highest BCUT2D eigenvalue weighted by molar-refractivity contribution is 5.79. The van der Waals surface area contributed by atoms with Crippen molar-refractivity contribution in [2.45, 2.75) is 74.1 Å². The van der Waals surface area contributed by atoms with Crippen molar-refractivity contribution < 1.29 is 24.7 Å². The predicted octanol–water partition coefficient (Wildman–Crippen LogP) is 2.93. The monoisotopic (exact) mass is 519 g/mol. The van der Waals surface area contributed by atoms with Gasteiger partial charge >= 0.3 is 0 Å². The van der Waals surface area contributed by atoms with Crippen molar-refractivity contribution in [1.29, 1.82) is 0 Å². The van der Waals surface area contributed by atoms with E-state index in [1.54, 1.807) is 30.1 Å². The van der Waals surface area contributed by atoms with Gasteiger partial charge in [0.05, 0.1) is 28.4 Å². The Morgan fingerprint density at radius 3 is 2.82 bits per heavy atom. The second-order valence-electron chi connectivity index (χ2n) is 12.0. The molecule has 1 saturated heterocycles. The number of amides is 1. The molecule has 2 aromatic rings. The van der Waals surface area contributed by atoms with E-state index < -0.39 is 22.0 Å². The van der Waals surface area contributed by atoms with Gasteiger partial charge < -0.3 is 19.8 Å². The molecule has 2 aromatic carbocycles. The number of hydrogen-bond acceptors (Lipinski definition) is 7. The Balaban J connectivity index is 1.24. The summed E-state index contributed by atoms with van der Waals surface area (Å²) in [6.07, 6.45) is 4.65. The average Bonchev–Trinajstić information content (AvgIpc) is 3.64. The molecule has 2 N–H and O–H groups in total. The van der Waals surface area contributed by atoms with Crippen molar-refractivity contribution in [2.24, 2.45) is 5.92 Å². The van der Waals surface area contributed by atoms with Crippen molar-refractivity contribution >= 4 is 11.6 Å². The van der Waals surface area contributed by atoms with Crippen LogP contribution < -0.4 is 4.74 Å². The zero-order chi connectivity index (χ0) is 26.4. The molecular weight excluding hydrogens is 486 g/mol. The van der Waals surface area contributed by atoms with Gasteiger partial charge in [0, 0.05) is 37.3 Å². The van der Waals surface area contributed by atoms with Crippen LogP contribution in [-0.2, 0) is 23.1 Å². The van der Waals surface area contributed by atoms with E-state index in [9.17, 15) is 25.1 Å². The van der Waals surface area contributed by atoms with Gasteiger partial charge in [-0.3, -0.25) is 19.8 Å². The molecule has 1 spiro atoms. The second kappa shape index (κ2) is 8.16. The van der Waals surface area contributed by atoms with E-state index in [0.717, 1.165) is 30.6 Å². The lowest BCUT2D eigenvalue weighted by Gasteiger charge is -2.64. The van der Waals surface area contributed by atoms with E-state index in [-0.39, 0.29) is 35.8 Å². The molecule has 2 heterocycles. The third-order valence-corrected chi connectivity index (χ3v) is 10.1. The fourth-order valence-corrected chi connectivity index (χ4v) is 8.12. The van der Waals surface area contributed by atoms with Crippen LogP contribution in [0.2, 0.25) is 0 Å². The zero-order valence-corrected chi connectivity index (χ0v) is 21.5. The molecule has 0 unspecified atom stereocenters. The summed E-state index contributed by atoms with van der Waals surface area (Å²) < 4.78 is 6.58. The van der Waals surface area contributed by atoms with E-state index in [1.807, 2.05) is 6.07 Å². The van der Waals surface area contributed by atoms with Gasteiger partial charge in [-0.2, -0.15) is 0 Å². The lowest BCUT2D eigenvalue weighted by atomic mass is 9.48. The van der Waals surface area contributed by atoms with E-state index in [0.29, 0.717) is 36.5 Å². The maximum atomic E-state index is 13.5. The van der Waals surface area contributed by atoms with Gasteiger partial charge in [0.25, 0.3) is 5.69 Å². The van der Waals surface area contributed by atoms with Crippen molar-refractivity contribution in [1.82, 2.24) is 9.80 Å². The number of piperidine rings is 1. The number of nitro groups is 1. The SMILES string of the molecule is CN(C(=O)Cc1cccc([N+](=O)[O-])c1)[C@H]1CC[C@@]2(O)[C@H]3Cc4ccc(O)c5c4[C@@]2(CCN3CC2CC2)[C@H]1O5. The number of aromatic hydroxyl groups is 1. The molecule has 2 saturated carbocycles. The molecule has 9 nitrogen and oxygen atoms in total. The third kappa shape index (κ3) is 3.21.